The average molecular weight is 383 g/mol. The lowest BCUT2D eigenvalue weighted by atomic mass is 10.1. The predicted molar refractivity (Wildman–Crippen MR) is 110 cm³/mol. The Balaban J connectivity index is 1.71. The number of anilines is 1. The SMILES string of the molecule is COc1ccc(N(C(=O)C(C)OCc2cccc(OC)c2)C(C)C2CC2)cc1. The molecule has 3 rings (SSSR count). The lowest BCUT2D eigenvalue weighted by Crippen LogP contribution is -2.45. The quantitative estimate of drug-likeness (QED) is 0.642. The van der Waals surface area contributed by atoms with Crippen LogP contribution in [0.5, 0.6) is 11.5 Å². The van der Waals surface area contributed by atoms with Crippen molar-refractivity contribution in [3.05, 3.63) is 54.1 Å². The Morgan fingerprint density at radius 3 is 2.32 bits per heavy atom. The van der Waals surface area contributed by atoms with Gasteiger partial charge in [-0.15, -0.1) is 0 Å². The molecule has 1 aliphatic carbocycles. The maximum absolute atomic E-state index is 13.3. The summed E-state index contributed by atoms with van der Waals surface area (Å²) in [6.07, 6.45) is 1.79. The molecule has 0 saturated heterocycles. The summed E-state index contributed by atoms with van der Waals surface area (Å²) < 4.78 is 16.4. The number of benzene rings is 2. The Morgan fingerprint density at radius 1 is 1.04 bits per heavy atom. The van der Waals surface area contributed by atoms with Crippen LogP contribution in [-0.4, -0.2) is 32.3 Å². The smallest absolute Gasteiger partial charge is 0.256 e. The Bertz CT molecular complexity index is 785. The van der Waals surface area contributed by atoms with Crippen LogP contribution >= 0.6 is 0 Å². The summed E-state index contributed by atoms with van der Waals surface area (Å²) in [6, 6.07) is 15.5. The summed E-state index contributed by atoms with van der Waals surface area (Å²) in [6.45, 7) is 4.30. The van der Waals surface area contributed by atoms with E-state index in [0.717, 1.165) is 22.7 Å². The Kier molecular flexibility index (Phi) is 6.57. The standard InChI is InChI=1S/C23H29NO4/c1-16(19-8-9-19)24(20-10-12-21(26-3)13-11-20)23(25)17(2)28-15-18-6-5-7-22(14-18)27-4/h5-7,10-14,16-17,19H,8-9,15H2,1-4H3. The van der Waals surface area contributed by atoms with Crippen LogP contribution in [0.4, 0.5) is 5.69 Å². The van der Waals surface area contributed by atoms with Gasteiger partial charge in [-0.05, 0) is 74.6 Å². The second kappa shape index (κ2) is 9.11. The Morgan fingerprint density at radius 2 is 1.71 bits per heavy atom. The molecule has 1 aliphatic rings. The van der Waals surface area contributed by atoms with E-state index in [4.69, 9.17) is 14.2 Å². The van der Waals surface area contributed by atoms with Gasteiger partial charge < -0.3 is 19.1 Å². The molecule has 2 aromatic carbocycles. The van der Waals surface area contributed by atoms with Crippen molar-refractivity contribution in [1.29, 1.82) is 0 Å². The van der Waals surface area contributed by atoms with Crippen LogP contribution in [-0.2, 0) is 16.1 Å². The summed E-state index contributed by atoms with van der Waals surface area (Å²) >= 11 is 0. The normalized spacial score (nSPS) is 15.6. The number of nitrogens with zero attached hydrogens (tertiary/aromatic N) is 1. The molecule has 2 aromatic rings. The van der Waals surface area contributed by atoms with Gasteiger partial charge in [-0.25, -0.2) is 0 Å². The Hall–Kier alpha value is -2.53. The van der Waals surface area contributed by atoms with E-state index in [1.54, 1.807) is 14.2 Å². The van der Waals surface area contributed by atoms with Crippen molar-refractivity contribution >= 4 is 11.6 Å². The molecule has 5 heteroatoms. The van der Waals surface area contributed by atoms with Crippen molar-refractivity contribution in [2.24, 2.45) is 5.92 Å². The van der Waals surface area contributed by atoms with E-state index in [1.165, 1.54) is 12.8 Å². The van der Waals surface area contributed by atoms with Crippen molar-refractivity contribution < 1.29 is 19.0 Å². The fourth-order valence-corrected chi connectivity index (χ4v) is 3.35. The van der Waals surface area contributed by atoms with Gasteiger partial charge in [0.25, 0.3) is 5.91 Å². The molecule has 5 nitrogen and oxygen atoms in total. The van der Waals surface area contributed by atoms with Gasteiger partial charge in [-0.3, -0.25) is 4.79 Å². The second-order valence-corrected chi connectivity index (χ2v) is 7.29. The van der Waals surface area contributed by atoms with E-state index in [9.17, 15) is 4.79 Å². The zero-order valence-electron chi connectivity index (χ0n) is 17.1. The third-order valence-electron chi connectivity index (χ3n) is 5.28. The Labute approximate surface area is 167 Å². The van der Waals surface area contributed by atoms with Gasteiger partial charge in [0.2, 0.25) is 0 Å². The van der Waals surface area contributed by atoms with Crippen molar-refractivity contribution in [2.75, 3.05) is 19.1 Å². The molecule has 0 radical (unpaired) electrons. The van der Waals surface area contributed by atoms with Gasteiger partial charge in [0.15, 0.2) is 0 Å². The zero-order valence-corrected chi connectivity index (χ0v) is 17.1. The summed E-state index contributed by atoms with van der Waals surface area (Å²) in [5, 5.41) is 0. The van der Waals surface area contributed by atoms with Gasteiger partial charge in [-0.1, -0.05) is 12.1 Å². The lowest BCUT2D eigenvalue weighted by Gasteiger charge is -2.32. The number of methoxy groups -OCH3 is 2. The predicted octanol–water partition coefficient (Wildman–Crippen LogP) is 4.44. The molecule has 0 aliphatic heterocycles. The minimum atomic E-state index is -0.547. The lowest BCUT2D eigenvalue weighted by molar-refractivity contribution is -0.130. The number of carbonyl (C=O) groups excluding carboxylic acids is 1. The van der Waals surface area contributed by atoms with Gasteiger partial charge in [-0.2, -0.15) is 0 Å². The summed E-state index contributed by atoms with van der Waals surface area (Å²) in [4.78, 5) is 15.1. The summed E-state index contributed by atoms with van der Waals surface area (Å²) in [5.41, 5.74) is 1.85. The molecule has 0 spiro atoms. The van der Waals surface area contributed by atoms with E-state index < -0.39 is 6.10 Å². The van der Waals surface area contributed by atoms with E-state index >= 15 is 0 Å². The number of rotatable bonds is 9. The topological polar surface area (TPSA) is 48.0 Å². The van der Waals surface area contributed by atoms with E-state index in [1.807, 2.05) is 60.4 Å². The first kappa shape index (κ1) is 20.2. The van der Waals surface area contributed by atoms with Crippen LogP contribution in [0.15, 0.2) is 48.5 Å². The van der Waals surface area contributed by atoms with Crippen LogP contribution in [0, 0.1) is 5.92 Å². The molecule has 0 N–H and O–H groups in total. The second-order valence-electron chi connectivity index (χ2n) is 7.29. The first-order valence-corrected chi connectivity index (χ1v) is 9.75. The number of hydrogen-bond donors (Lipinski definition) is 0. The van der Waals surface area contributed by atoms with E-state index in [-0.39, 0.29) is 11.9 Å². The molecule has 1 fully saturated rings. The van der Waals surface area contributed by atoms with E-state index in [2.05, 4.69) is 6.92 Å². The van der Waals surface area contributed by atoms with Gasteiger partial charge in [0.05, 0.1) is 20.8 Å². The molecular weight excluding hydrogens is 354 g/mol. The van der Waals surface area contributed by atoms with E-state index in [0.29, 0.717) is 12.5 Å². The average Bonchev–Trinajstić information content (AvgIpc) is 3.58. The minimum absolute atomic E-state index is 0.0209. The first-order valence-electron chi connectivity index (χ1n) is 9.75. The van der Waals surface area contributed by atoms with Crippen LogP contribution in [0.25, 0.3) is 0 Å². The fraction of sp³-hybridized carbons (Fsp3) is 0.435. The van der Waals surface area contributed by atoms with Crippen LogP contribution < -0.4 is 14.4 Å². The van der Waals surface area contributed by atoms with Crippen LogP contribution in [0.3, 0.4) is 0 Å². The van der Waals surface area contributed by atoms with Gasteiger partial charge in [0, 0.05) is 11.7 Å². The van der Waals surface area contributed by atoms with Crippen molar-refractivity contribution in [2.45, 2.75) is 45.4 Å². The highest BCUT2D eigenvalue weighted by Gasteiger charge is 2.36. The molecule has 150 valence electrons. The van der Waals surface area contributed by atoms with Crippen molar-refractivity contribution in [3.8, 4) is 11.5 Å². The molecule has 28 heavy (non-hydrogen) atoms. The number of carbonyl (C=O) groups is 1. The number of hydrogen-bond acceptors (Lipinski definition) is 4. The molecule has 1 amide bonds. The fourth-order valence-electron chi connectivity index (χ4n) is 3.35. The highest BCUT2D eigenvalue weighted by molar-refractivity contribution is 5.97. The minimum Gasteiger partial charge on any atom is -0.497 e. The molecule has 0 aromatic heterocycles. The largest absolute Gasteiger partial charge is 0.497 e. The number of ether oxygens (including phenoxy) is 3. The molecular formula is C23H29NO4. The monoisotopic (exact) mass is 383 g/mol. The van der Waals surface area contributed by atoms with Crippen LogP contribution in [0.2, 0.25) is 0 Å². The maximum Gasteiger partial charge on any atom is 0.256 e. The molecule has 1 saturated carbocycles. The molecule has 0 heterocycles. The third-order valence-corrected chi connectivity index (χ3v) is 5.28. The molecule has 0 bridgehead atoms. The highest BCUT2D eigenvalue weighted by Crippen LogP contribution is 2.37. The van der Waals surface area contributed by atoms with Crippen molar-refractivity contribution in [1.82, 2.24) is 0 Å². The third kappa shape index (κ3) is 4.84. The van der Waals surface area contributed by atoms with Crippen LogP contribution in [0.1, 0.15) is 32.3 Å². The zero-order chi connectivity index (χ0) is 20.1. The highest BCUT2D eigenvalue weighted by atomic mass is 16.5. The first-order chi connectivity index (χ1) is 13.5. The molecule has 2 unspecified atom stereocenters. The number of amides is 1. The maximum atomic E-state index is 13.3. The summed E-state index contributed by atoms with van der Waals surface area (Å²) in [7, 11) is 3.28. The summed E-state index contributed by atoms with van der Waals surface area (Å²) in [5.74, 6) is 2.09. The van der Waals surface area contributed by atoms with Crippen molar-refractivity contribution in [3.63, 3.8) is 0 Å². The molecule has 2 atom stereocenters. The van der Waals surface area contributed by atoms with Gasteiger partial charge in [0.1, 0.15) is 17.6 Å². The van der Waals surface area contributed by atoms with Gasteiger partial charge >= 0.3 is 0 Å².